The molecule has 0 bridgehead atoms. The number of carbonyl (C=O) groups is 4. The molecule has 0 saturated heterocycles. The number of fused-ring (bicyclic) bond motifs is 2. The van der Waals surface area contributed by atoms with Crippen molar-refractivity contribution in [3.8, 4) is 0 Å². The number of benzene rings is 1. The number of carboxylic acid groups (broad SMARTS) is 1. The molecule has 34 heavy (non-hydrogen) atoms. The van der Waals surface area contributed by atoms with E-state index in [2.05, 4.69) is 21.2 Å². The van der Waals surface area contributed by atoms with Crippen LogP contribution in [-0.2, 0) is 29.0 Å². The number of Topliss-reactive ketones (excluding diaryl/α,β-unsaturated/α-hetero) is 1. The van der Waals surface area contributed by atoms with Gasteiger partial charge in [0.15, 0.2) is 15.6 Å². The lowest BCUT2D eigenvalue weighted by Crippen LogP contribution is -2.70. The van der Waals surface area contributed by atoms with E-state index in [0.717, 1.165) is 6.92 Å². The van der Waals surface area contributed by atoms with E-state index in [-0.39, 0.29) is 11.2 Å². The second kappa shape index (κ2) is 8.47. The molecule has 1 aromatic heterocycles. The molecule has 1 aliphatic heterocycles. The Morgan fingerprint density at radius 3 is 2.59 bits per heavy atom. The van der Waals surface area contributed by atoms with Gasteiger partial charge in [0, 0.05) is 16.8 Å². The van der Waals surface area contributed by atoms with Crippen LogP contribution in [0.3, 0.4) is 0 Å². The molecule has 2 aromatic rings. The Hall–Kier alpha value is -3.32. The summed E-state index contributed by atoms with van der Waals surface area (Å²) >= 11 is 3.26. The molecule has 2 aliphatic rings. The number of hydrogen-bond acceptors (Lipinski definition) is 9. The van der Waals surface area contributed by atoms with Crippen molar-refractivity contribution in [1.29, 1.82) is 0 Å². The molecule has 1 aliphatic carbocycles. The van der Waals surface area contributed by atoms with E-state index in [1.807, 2.05) is 0 Å². The zero-order valence-corrected chi connectivity index (χ0v) is 19.8. The monoisotopic (exact) mass is 553 g/mol. The van der Waals surface area contributed by atoms with Gasteiger partial charge in [-0.05, 0) is 29.8 Å². The molecule has 4 rings (SSSR count). The predicted molar refractivity (Wildman–Crippen MR) is 119 cm³/mol. The first-order valence-corrected chi connectivity index (χ1v) is 12.3. The summed E-state index contributed by atoms with van der Waals surface area (Å²) in [6.07, 6.45) is 0. The number of carboxylic acids is 1. The van der Waals surface area contributed by atoms with Gasteiger partial charge in [0.1, 0.15) is 29.0 Å². The van der Waals surface area contributed by atoms with E-state index < -0.39 is 79.8 Å². The van der Waals surface area contributed by atoms with Crippen LogP contribution in [0.25, 0.3) is 11.0 Å². The molecular formula is C21H16BrNO10S. The van der Waals surface area contributed by atoms with Crippen LogP contribution < -0.4 is 10.9 Å². The fourth-order valence-electron chi connectivity index (χ4n) is 4.17. The Balaban J connectivity index is 1.65. The predicted octanol–water partition coefficient (Wildman–Crippen LogP) is 0.594. The van der Waals surface area contributed by atoms with Crippen molar-refractivity contribution in [1.82, 2.24) is 5.32 Å². The average molecular weight is 554 g/mol. The normalized spacial score (nSPS) is 23.1. The molecule has 1 saturated carbocycles. The van der Waals surface area contributed by atoms with Crippen molar-refractivity contribution in [2.75, 3.05) is 12.4 Å². The highest BCUT2D eigenvalue weighted by Gasteiger charge is 2.62. The molecule has 11 nitrogen and oxygen atoms in total. The van der Waals surface area contributed by atoms with Crippen LogP contribution in [0.15, 0.2) is 49.1 Å². The van der Waals surface area contributed by atoms with Gasteiger partial charge in [-0.15, -0.1) is 0 Å². The van der Waals surface area contributed by atoms with Gasteiger partial charge in [-0.1, -0.05) is 15.9 Å². The number of ether oxygens (including phenoxy) is 1. The molecule has 178 valence electrons. The van der Waals surface area contributed by atoms with Crippen molar-refractivity contribution in [2.24, 2.45) is 5.92 Å². The maximum atomic E-state index is 12.9. The molecule has 1 aromatic carbocycles. The van der Waals surface area contributed by atoms with Crippen LogP contribution in [0.4, 0.5) is 0 Å². The Morgan fingerprint density at radius 1 is 1.24 bits per heavy atom. The highest BCUT2D eigenvalue weighted by molar-refractivity contribution is 9.10. The van der Waals surface area contributed by atoms with E-state index >= 15 is 0 Å². The standard InChI is InChI=1S/C21H16BrNO10S/c1-8(24)32-6-10-7-34(30,31)18-15(14(10)20(27)28)17(25)16(18)23-19(26)12-5-9-4-11(22)2-3-13(9)33-21(12)29/h2-5,15-16,18H,6-7H2,1H3,(H,23,26)(H,27,28)/t15?,16-,18+/m1/s1. The second-order valence-electron chi connectivity index (χ2n) is 7.84. The van der Waals surface area contributed by atoms with Crippen LogP contribution in [0.2, 0.25) is 0 Å². The summed E-state index contributed by atoms with van der Waals surface area (Å²) in [6, 6.07) is 4.45. The number of ketones is 1. The molecule has 0 radical (unpaired) electrons. The summed E-state index contributed by atoms with van der Waals surface area (Å²) in [4.78, 5) is 60.8. The number of aliphatic carboxylic acids is 1. The first-order chi connectivity index (χ1) is 15.9. The van der Waals surface area contributed by atoms with Gasteiger partial charge >= 0.3 is 17.6 Å². The third kappa shape index (κ3) is 4.05. The summed E-state index contributed by atoms with van der Waals surface area (Å²) in [5.74, 6) is -6.43. The van der Waals surface area contributed by atoms with Crippen molar-refractivity contribution in [2.45, 2.75) is 18.2 Å². The summed E-state index contributed by atoms with van der Waals surface area (Å²) in [5, 5.41) is 10.7. The number of halogens is 1. The van der Waals surface area contributed by atoms with Crippen LogP contribution in [0.5, 0.6) is 0 Å². The van der Waals surface area contributed by atoms with Crippen molar-refractivity contribution in [3.63, 3.8) is 0 Å². The first kappa shape index (κ1) is 23.8. The molecule has 3 atom stereocenters. The SMILES string of the molecule is CC(=O)OCC1=C(C(=O)O)C2C(=O)[C@@H](NC(=O)c3cc4cc(Br)ccc4oc3=O)[C@H]2S(=O)(=O)C1. The van der Waals surface area contributed by atoms with Crippen molar-refractivity contribution < 1.29 is 41.9 Å². The lowest BCUT2D eigenvalue weighted by Gasteiger charge is -2.45. The maximum absolute atomic E-state index is 12.9. The van der Waals surface area contributed by atoms with E-state index in [1.54, 1.807) is 12.1 Å². The van der Waals surface area contributed by atoms with Crippen LogP contribution >= 0.6 is 15.9 Å². The van der Waals surface area contributed by atoms with E-state index in [9.17, 15) is 37.5 Å². The molecule has 1 amide bonds. The van der Waals surface area contributed by atoms with Gasteiger partial charge in [0.05, 0.1) is 17.2 Å². The highest BCUT2D eigenvalue weighted by Crippen LogP contribution is 2.42. The number of hydrogen-bond donors (Lipinski definition) is 2. The lowest BCUT2D eigenvalue weighted by atomic mass is 9.71. The van der Waals surface area contributed by atoms with Gasteiger partial charge in [0.2, 0.25) is 0 Å². The summed E-state index contributed by atoms with van der Waals surface area (Å²) in [6.45, 7) is 0.487. The van der Waals surface area contributed by atoms with E-state index in [4.69, 9.17) is 9.15 Å². The minimum atomic E-state index is -4.10. The summed E-state index contributed by atoms with van der Waals surface area (Å²) in [5.41, 5.74) is -1.89. The first-order valence-electron chi connectivity index (χ1n) is 9.79. The zero-order chi connectivity index (χ0) is 24.9. The smallest absolute Gasteiger partial charge is 0.349 e. The second-order valence-corrected chi connectivity index (χ2v) is 10.9. The van der Waals surface area contributed by atoms with Gasteiger partial charge in [0.25, 0.3) is 5.91 Å². The number of rotatable bonds is 5. The van der Waals surface area contributed by atoms with Crippen LogP contribution in [0, 0.1) is 5.92 Å². The third-order valence-electron chi connectivity index (χ3n) is 5.66. The Labute approximate surface area is 199 Å². The maximum Gasteiger partial charge on any atom is 0.349 e. The van der Waals surface area contributed by atoms with Gasteiger partial charge in [-0.2, -0.15) is 0 Å². The highest BCUT2D eigenvalue weighted by atomic mass is 79.9. The lowest BCUT2D eigenvalue weighted by molar-refractivity contribution is -0.141. The molecule has 1 unspecified atom stereocenters. The minimum absolute atomic E-state index is 0.206. The minimum Gasteiger partial charge on any atom is -0.478 e. The van der Waals surface area contributed by atoms with Crippen LogP contribution in [0.1, 0.15) is 17.3 Å². The fraction of sp³-hybridized carbons (Fsp3) is 0.286. The van der Waals surface area contributed by atoms with Crippen molar-refractivity contribution >= 4 is 60.4 Å². The number of carbonyl (C=O) groups excluding carboxylic acids is 3. The van der Waals surface area contributed by atoms with Gasteiger partial charge < -0.3 is 19.6 Å². The summed E-state index contributed by atoms with van der Waals surface area (Å²) in [7, 11) is -4.10. The number of amides is 1. The van der Waals surface area contributed by atoms with E-state index in [0.29, 0.717) is 9.86 Å². The average Bonchev–Trinajstić information content (AvgIpc) is 2.74. The molecule has 2 N–H and O–H groups in total. The molecule has 0 spiro atoms. The Morgan fingerprint density at radius 2 is 1.94 bits per heavy atom. The van der Waals surface area contributed by atoms with Crippen molar-refractivity contribution in [3.05, 3.63) is 55.9 Å². The zero-order valence-electron chi connectivity index (χ0n) is 17.4. The fourth-order valence-corrected chi connectivity index (χ4v) is 6.76. The number of sulfone groups is 1. The largest absolute Gasteiger partial charge is 0.478 e. The Bertz CT molecular complexity index is 1470. The quantitative estimate of drug-likeness (QED) is 0.393. The molecule has 2 heterocycles. The number of nitrogens with one attached hydrogen (secondary N) is 1. The summed E-state index contributed by atoms with van der Waals surface area (Å²) < 4.78 is 36.3. The molecule has 1 fully saturated rings. The van der Waals surface area contributed by atoms with Crippen LogP contribution in [-0.4, -0.2) is 60.8 Å². The third-order valence-corrected chi connectivity index (χ3v) is 8.28. The van der Waals surface area contributed by atoms with Gasteiger partial charge in [-0.3, -0.25) is 14.4 Å². The Kier molecular flexibility index (Phi) is 5.94. The molecule has 13 heteroatoms. The topological polar surface area (TPSA) is 174 Å². The van der Waals surface area contributed by atoms with Gasteiger partial charge in [-0.25, -0.2) is 18.0 Å². The number of esters is 1. The molecular weight excluding hydrogens is 538 g/mol. The van der Waals surface area contributed by atoms with E-state index in [1.165, 1.54) is 12.1 Å².